The van der Waals surface area contributed by atoms with Crippen LogP contribution < -0.4 is 15.6 Å². The van der Waals surface area contributed by atoms with Crippen LogP contribution >= 0.6 is 0 Å². The smallest absolute Gasteiger partial charge is 0.276 e. The number of H-pyrrole nitrogens is 1. The minimum atomic E-state index is -0.412. The van der Waals surface area contributed by atoms with E-state index in [0.717, 1.165) is 5.56 Å². The molecule has 1 heterocycles. The average molecular weight is 287 g/mol. The second-order valence-electron chi connectivity index (χ2n) is 4.87. The molecule has 0 saturated heterocycles. The molecule has 0 radical (unpaired) electrons. The fourth-order valence-corrected chi connectivity index (χ4v) is 1.84. The molecule has 6 nitrogen and oxygen atoms in total. The number of aromatic amines is 1. The third-order valence-corrected chi connectivity index (χ3v) is 3.05. The highest BCUT2D eigenvalue weighted by atomic mass is 16.5. The van der Waals surface area contributed by atoms with Gasteiger partial charge in [-0.15, -0.1) is 0 Å². The summed E-state index contributed by atoms with van der Waals surface area (Å²) >= 11 is 0. The van der Waals surface area contributed by atoms with Crippen molar-refractivity contribution in [2.75, 3.05) is 12.4 Å². The zero-order chi connectivity index (χ0) is 15.4. The molecule has 0 saturated carbocycles. The molecule has 0 aliphatic rings. The molecule has 0 aliphatic heterocycles. The zero-order valence-corrected chi connectivity index (χ0v) is 12.1. The van der Waals surface area contributed by atoms with Gasteiger partial charge in [0.2, 0.25) is 0 Å². The highest BCUT2D eigenvalue weighted by Crippen LogP contribution is 2.28. The zero-order valence-electron chi connectivity index (χ0n) is 12.1. The highest BCUT2D eigenvalue weighted by Gasteiger charge is 2.12. The summed E-state index contributed by atoms with van der Waals surface area (Å²) in [6, 6.07) is 8.26. The maximum atomic E-state index is 12.1. The van der Waals surface area contributed by atoms with Crippen molar-refractivity contribution in [3.63, 3.8) is 0 Å². The Morgan fingerprint density at radius 2 is 2.05 bits per heavy atom. The molecule has 2 rings (SSSR count). The van der Waals surface area contributed by atoms with E-state index in [2.05, 4.69) is 29.4 Å². The predicted octanol–water partition coefficient (Wildman–Crippen LogP) is 2.15. The number of anilines is 1. The number of hydrogen-bond acceptors (Lipinski definition) is 4. The van der Waals surface area contributed by atoms with Gasteiger partial charge >= 0.3 is 0 Å². The van der Waals surface area contributed by atoms with E-state index in [1.165, 1.54) is 19.2 Å². The van der Waals surface area contributed by atoms with Crippen molar-refractivity contribution >= 4 is 11.6 Å². The molecule has 1 aromatic heterocycles. The van der Waals surface area contributed by atoms with E-state index in [9.17, 15) is 9.59 Å². The Morgan fingerprint density at radius 3 is 2.62 bits per heavy atom. The van der Waals surface area contributed by atoms with Crippen molar-refractivity contribution in [2.24, 2.45) is 0 Å². The van der Waals surface area contributed by atoms with Crippen LogP contribution in [0.5, 0.6) is 5.75 Å². The molecule has 21 heavy (non-hydrogen) atoms. The summed E-state index contributed by atoms with van der Waals surface area (Å²) in [6.45, 7) is 4.13. The molecule has 2 N–H and O–H groups in total. The van der Waals surface area contributed by atoms with Crippen LogP contribution in [0.25, 0.3) is 0 Å². The minimum absolute atomic E-state index is 0.131. The van der Waals surface area contributed by atoms with Gasteiger partial charge in [-0.1, -0.05) is 19.9 Å². The molecule has 0 atom stereocenters. The lowest BCUT2D eigenvalue weighted by atomic mass is 10.0. The molecule has 0 unspecified atom stereocenters. The highest BCUT2D eigenvalue weighted by molar-refractivity contribution is 6.03. The molecule has 1 amide bonds. The number of ether oxygens (including phenoxy) is 1. The largest absolute Gasteiger partial charge is 0.495 e. The number of aromatic nitrogens is 2. The molecule has 110 valence electrons. The van der Waals surface area contributed by atoms with Gasteiger partial charge in [-0.25, -0.2) is 5.10 Å². The van der Waals surface area contributed by atoms with Crippen molar-refractivity contribution in [3.8, 4) is 5.75 Å². The van der Waals surface area contributed by atoms with Gasteiger partial charge in [-0.2, -0.15) is 5.10 Å². The third kappa shape index (κ3) is 3.47. The van der Waals surface area contributed by atoms with Crippen molar-refractivity contribution in [1.29, 1.82) is 0 Å². The Balaban J connectivity index is 2.29. The van der Waals surface area contributed by atoms with E-state index in [1.807, 2.05) is 18.2 Å². The van der Waals surface area contributed by atoms with Crippen LogP contribution in [-0.2, 0) is 0 Å². The lowest BCUT2D eigenvalue weighted by Crippen LogP contribution is -2.18. The minimum Gasteiger partial charge on any atom is -0.495 e. The van der Waals surface area contributed by atoms with Gasteiger partial charge in [0.05, 0.1) is 12.8 Å². The molecule has 2 aromatic rings. The van der Waals surface area contributed by atoms with Crippen LogP contribution in [0, 0.1) is 0 Å². The van der Waals surface area contributed by atoms with E-state index in [1.54, 1.807) is 0 Å². The fraction of sp³-hybridized carbons (Fsp3) is 0.267. The molecular weight excluding hydrogens is 270 g/mol. The SMILES string of the molecule is COc1ccc(C(C)C)cc1NC(=O)c1ccc(=O)[nH]n1. The number of rotatable bonds is 4. The summed E-state index contributed by atoms with van der Waals surface area (Å²) in [6.07, 6.45) is 0. The van der Waals surface area contributed by atoms with Crippen LogP contribution in [0.1, 0.15) is 35.8 Å². The van der Waals surface area contributed by atoms with E-state index in [4.69, 9.17) is 4.74 Å². The van der Waals surface area contributed by atoms with Gasteiger partial charge in [-0.05, 0) is 29.7 Å². The number of amides is 1. The first-order valence-electron chi connectivity index (χ1n) is 6.56. The lowest BCUT2D eigenvalue weighted by molar-refractivity contribution is 0.102. The normalized spacial score (nSPS) is 10.5. The van der Waals surface area contributed by atoms with E-state index in [0.29, 0.717) is 17.4 Å². The molecule has 0 spiro atoms. The monoisotopic (exact) mass is 287 g/mol. The van der Waals surface area contributed by atoms with Crippen molar-refractivity contribution < 1.29 is 9.53 Å². The summed E-state index contributed by atoms with van der Waals surface area (Å²) in [5.74, 6) is 0.486. The molecule has 0 fully saturated rings. The average Bonchev–Trinajstić information content (AvgIpc) is 2.47. The van der Waals surface area contributed by atoms with Gasteiger partial charge in [0.1, 0.15) is 11.4 Å². The number of methoxy groups -OCH3 is 1. The molecule has 0 bridgehead atoms. The quantitative estimate of drug-likeness (QED) is 0.902. The molecule has 6 heteroatoms. The van der Waals surface area contributed by atoms with Crippen LogP contribution in [-0.4, -0.2) is 23.2 Å². The van der Waals surface area contributed by atoms with Crippen molar-refractivity contribution in [2.45, 2.75) is 19.8 Å². The molecule has 1 aromatic carbocycles. The van der Waals surface area contributed by atoms with Gasteiger partial charge < -0.3 is 10.1 Å². The summed E-state index contributed by atoms with van der Waals surface area (Å²) in [4.78, 5) is 23.1. The van der Waals surface area contributed by atoms with Crippen LogP contribution in [0.2, 0.25) is 0 Å². The summed E-state index contributed by atoms with van der Waals surface area (Å²) < 4.78 is 5.24. The Hall–Kier alpha value is -2.63. The van der Waals surface area contributed by atoms with E-state index in [-0.39, 0.29) is 11.3 Å². The first-order chi connectivity index (χ1) is 10.0. The second-order valence-corrected chi connectivity index (χ2v) is 4.87. The Morgan fingerprint density at radius 1 is 1.29 bits per heavy atom. The van der Waals surface area contributed by atoms with Gasteiger partial charge in [-0.3, -0.25) is 9.59 Å². The molecular formula is C15H17N3O3. The van der Waals surface area contributed by atoms with E-state index >= 15 is 0 Å². The number of hydrogen-bond donors (Lipinski definition) is 2. The van der Waals surface area contributed by atoms with Gasteiger partial charge in [0.25, 0.3) is 11.5 Å². The maximum absolute atomic E-state index is 12.1. The van der Waals surface area contributed by atoms with Crippen LogP contribution in [0.4, 0.5) is 5.69 Å². The van der Waals surface area contributed by atoms with Crippen LogP contribution in [0.3, 0.4) is 0 Å². The first-order valence-corrected chi connectivity index (χ1v) is 6.56. The Kier molecular flexibility index (Phi) is 4.37. The fourth-order valence-electron chi connectivity index (χ4n) is 1.84. The lowest BCUT2D eigenvalue weighted by Gasteiger charge is -2.13. The standard InChI is InChI=1S/C15H17N3O3/c1-9(2)10-4-6-13(21-3)12(8-10)16-15(20)11-5-7-14(19)18-17-11/h4-9H,1-3H3,(H,16,20)(H,18,19). The topological polar surface area (TPSA) is 84.1 Å². The molecule has 0 aliphatic carbocycles. The van der Waals surface area contributed by atoms with Crippen LogP contribution in [0.15, 0.2) is 35.1 Å². The van der Waals surface area contributed by atoms with Gasteiger partial charge in [0.15, 0.2) is 0 Å². The maximum Gasteiger partial charge on any atom is 0.276 e. The van der Waals surface area contributed by atoms with E-state index < -0.39 is 5.91 Å². The summed E-state index contributed by atoms with van der Waals surface area (Å²) in [5, 5.41) is 8.67. The number of benzene rings is 1. The number of carbonyl (C=O) groups is 1. The summed E-state index contributed by atoms with van der Waals surface area (Å²) in [7, 11) is 1.54. The number of nitrogens with one attached hydrogen (secondary N) is 2. The van der Waals surface area contributed by atoms with Crippen molar-refractivity contribution in [3.05, 3.63) is 51.9 Å². The third-order valence-electron chi connectivity index (χ3n) is 3.05. The first kappa shape index (κ1) is 14.8. The number of carbonyl (C=O) groups excluding carboxylic acids is 1. The predicted molar refractivity (Wildman–Crippen MR) is 79.9 cm³/mol. The Bertz CT molecular complexity index is 687. The van der Waals surface area contributed by atoms with Gasteiger partial charge in [0, 0.05) is 6.07 Å². The summed E-state index contributed by atoms with van der Waals surface area (Å²) in [5.41, 5.74) is 1.43. The number of nitrogens with zero attached hydrogens (tertiary/aromatic N) is 1. The second kappa shape index (κ2) is 6.21. The Labute approximate surface area is 122 Å². The van der Waals surface area contributed by atoms with Crippen molar-refractivity contribution in [1.82, 2.24) is 10.2 Å².